The number of hydrogen-bond acceptors (Lipinski definition) is 6. The molecule has 1 fully saturated rings. The molecule has 0 amide bonds. The molecule has 0 aromatic heterocycles. The van der Waals surface area contributed by atoms with Crippen molar-refractivity contribution in [1.82, 2.24) is 4.90 Å². The predicted molar refractivity (Wildman–Crippen MR) is 81.7 cm³/mol. The Morgan fingerprint density at radius 3 is 2.35 bits per heavy atom. The van der Waals surface area contributed by atoms with Crippen LogP contribution in [0.5, 0.6) is 0 Å². The zero-order valence-electron chi connectivity index (χ0n) is 13.4. The van der Waals surface area contributed by atoms with Crippen LogP contribution in [0.1, 0.15) is 26.7 Å². The minimum atomic E-state index is -4.46. The maximum Gasteiger partial charge on any atom is 0.422 e. The van der Waals surface area contributed by atoms with Gasteiger partial charge in [0.1, 0.15) is 5.70 Å². The number of ether oxygens (including phenoxy) is 1. The Morgan fingerprint density at radius 2 is 1.87 bits per heavy atom. The number of piperidine rings is 1. The van der Waals surface area contributed by atoms with Crippen molar-refractivity contribution >= 4 is 6.21 Å². The quantitative estimate of drug-likeness (QED) is 0.495. The molecule has 0 aromatic carbocycles. The normalized spacial score (nSPS) is 19.9. The standard InChI is InChI=1S/C14H25F3N4O2/c1-13(2,22)8-21-5-3-10(4-6-21)20-7-11(18)12(19)23-9-14(15,16)17/h7,10,22H,3-6,8-9,18-19H2,1-2H3/b12-11-,20-7?. The Bertz CT molecular complexity index is 436. The first-order valence-electron chi connectivity index (χ1n) is 7.39. The van der Waals surface area contributed by atoms with Crippen molar-refractivity contribution in [3.05, 3.63) is 11.6 Å². The number of hydrogen-bond donors (Lipinski definition) is 3. The first-order chi connectivity index (χ1) is 10.5. The van der Waals surface area contributed by atoms with Gasteiger partial charge in [-0.3, -0.25) is 4.99 Å². The van der Waals surface area contributed by atoms with Crippen LogP contribution in [0.15, 0.2) is 16.6 Å². The summed E-state index contributed by atoms with van der Waals surface area (Å²) in [6.07, 6.45) is -1.65. The first kappa shape index (κ1) is 19.6. The van der Waals surface area contributed by atoms with Gasteiger partial charge in [-0.2, -0.15) is 13.2 Å². The summed E-state index contributed by atoms with van der Waals surface area (Å²) in [5, 5.41) is 9.78. The van der Waals surface area contributed by atoms with Gasteiger partial charge in [0.25, 0.3) is 0 Å². The number of aliphatic hydroxyl groups is 1. The second-order valence-electron chi connectivity index (χ2n) is 6.32. The largest absolute Gasteiger partial charge is 0.468 e. The lowest BCUT2D eigenvalue weighted by atomic mass is 10.0. The number of likely N-dealkylation sites (tertiary alicyclic amines) is 1. The number of nitrogens with zero attached hydrogens (tertiary/aromatic N) is 2. The second-order valence-corrected chi connectivity index (χ2v) is 6.32. The number of nitrogens with two attached hydrogens (primary N) is 2. The van der Waals surface area contributed by atoms with Crippen LogP contribution in [0.25, 0.3) is 0 Å². The molecular formula is C14H25F3N4O2. The Kier molecular flexibility index (Phi) is 6.69. The van der Waals surface area contributed by atoms with E-state index in [2.05, 4.69) is 14.6 Å². The van der Waals surface area contributed by atoms with E-state index in [0.717, 1.165) is 25.9 Å². The summed E-state index contributed by atoms with van der Waals surface area (Å²) in [6.45, 7) is 4.19. The van der Waals surface area contributed by atoms with Gasteiger partial charge in [0, 0.05) is 25.8 Å². The van der Waals surface area contributed by atoms with Crippen LogP contribution in [0, 0.1) is 0 Å². The van der Waals surface area contributed by atoms with Gasteiger partial charge in [-0.05, 0) is 26.7 Å². The lowest BCUT2D eigenvalue weighted by Crippen LogP contribution is -2.43. The molecule has 6 nitrogen and oxygen atoms in total. The molecule has 1 heterocycles. The summed E-state index contributed by atoms with van der Waals surface area (Å²) in [5.41, 5.74) is 10.0. The molecule has 0 saturated carbocycles. The fraction of sp³-hybridized carbons (Fsp3) is 0.786. The molecule has 1 aliphatic rings. The molecule has 134 valence electrons. The van der Waals surface area contributed by atoms with E-state index in [1.807, 2.05) is 0 Å². The Balaban J connectivity index is 2.43. The average Bonchev–Trinajstić information content (AvgIpc) is 2.41. The van der Waals surface area contributed by atoms with Crippen molar-refractivity contribution in [3.8, 4) is 0 Å². The lowest BCUT2D eigenvalue weighted by Gasteiger charge is -2.34. The number of aliphatic imine (C=N–C) groups is 1. The zero-order valence-corrected chi connectivity index (χ0v) is 13.4. The molecule has 1 aliphatic heterocycles. The van der Waals surface area contributed by atoms with Gasteiger partial charge in [0.2, 0.25) is 5.88 Å². The van der Waals surface area contributed by atoms with E-state index in [9.17, 15) is 18.3 Å². The van der Waals surface area contributed by atoms with Gasteiger partial charge in [0.15, 0.2) is 6.61 Å². The molecule has 0 radical (unpaired) electrons. The smallest absolute Gasteiger partial charge is 0.422 e. The third kappa shape index (κ3) is 8.65. The molecule has 9 heteroatoms. The minimum Gasteiger partial charge on any atom is -0.468 e. The van der Waals surface area contributed by atoms with E-state index in [-0.39, 0.29) is 11.7 Å². The highest BCUT2D eigenvalue weighted by molar-refractivity contribution is 5.77. The van der Waals surface area contributed by atoms with E-state index < -0.39 is 24.3 Å². The molecule has 0 unspecified atom stereocenters. The van der Waals surface area contributed by atoms with Crippen LogP contribution in [-0.4, -0.2) is 60.3 Å². The molecule has 0 bridgehead atoms. The fourth-order valence-electron chi connectivity index (χ4n) is 2.27. The van der Waals surface area contributed by atoms with Crippen LogP contribution in [0.4, 0.5) is 13.2 Å². The monoisotopic (exact) mass is 338 g/mol. The third-order valence-electron chi connectivity index (χ3n) is 3.27. The molecular weight excluding hydrogens is 313 g/mol. The number of halogens is 3. The van der Waals surface area contributed by atoms with E-state index >= 15 is 0 Å². The van der Waals surface area contributed by atoms with E-state index in [4.69, 9.17) is 11.5 Å². The number of alkyl halides is 3. The maximum absolute atomic E-state index is 12.0. The van der Waals surface area contributed by atoms with E-state index in [0.29, 0.717) is 6.54 Å². The summed E-state index contributed by atoms with van der Waals surface area (Å²) in [7, 11) is 0. The van der Waals surface area contributed by atoms with Crippen LogP contribution in [0.2, 0.25) is 0 Å². The summed E-state index contributed by atoms with van der Waals surface area (Å²) in [6, 6.07) is 0.0296. The molecule has 23 heavy (non-hydrogen) atoms. The van der Waals surface area contributed by atoms with Crippen molar-refractivity contribution in [1.29, 1.82) is 0 Å². The Labute approximate surface area is 134 Å². The Morgan fingerprint density at radius 1 is 1.30 bits per heavy atom. The summed E-state index contributed by atoms with van der Waals surface area (Å²) in [4.78, 5) is 6.39. The second kappa shape index (κ2) is 7.87. The first-order valence-corrected chi connectivity index (χ1v) is 7.39. The van der Waals surface area contributed by atoms with Crippen LogP contribution in [0.3, 0.4) is 0 Å². The number of allylic oxidation sites excluding steroid dienone is 1. The van der Waals surface area contributed by atoms with Gasteiger partial charge in [0.05, 0.1) is 11.6 Å². The van der Waals surface area contributed by atoms with Gasteiger partial charge < -0.3 is 26.2 Å². The Hall–Kier alpha value is -1.48. The molecule has 0 spiro atoms. The number of β-amino-alcohol motifs (C(OH)–C–C–N with tert-alkyl or cyclic N) is 1. The zero-order chi connectivity index (χ0) is 17.7. The minimum absolute atomic E-state index is 0.0296. The molecule has 1 saturated heterocycles. The topological polar surface area (TPSA) is 97.1 Å². The van der Waals surface area contributed by atoms with Gasteiger partial charge in [-0.25, -0.2) is 0 Å². The molecule has 0 atom stereocenters. The summed E-state index contributed by atoms with van der Waals surface area (Å²) >= 11 is 0. The van der Waals surface area contributed by atoms with Gasteiger partial charge >= 0.3 is 6.18 Å². The van der Waals surface area contributed by atoms with Crippen molar-refractivity contribution in [2.45, 2.75) is 44.5 Å². The average molecular weight is 338 g/mol. The van der Waals surface area contributed by atoms with Gasteiger partial charge in [-0.1, -0.05) is 0 Å². The highest BCUT2D eigenvalue weighted by Gasteiger charge is 2.29. The van der Waals surface area contributed by atoms with Gasteiger partial charge in [-0.15, -0.1) is 0 Å². The van der Waals surface area contributed by atoms with Crippen molar-refractivity contribution in [2.75, 3.05) is 26.2 Å². The number of rotatable bonds is 6. The molecule has 5 N–H and O–H groups in total. The lowest BCUT2D eigenvalue weighted by molar-refractivity contribution is -0.165. The SMILES string of the molecule is CC(C)(O)CN1CCC(N=C/C(N)=C(\N)OCC(F)(F)F)CC1. The molecule has 0 aromatic rings. The van der Waals surface area contributed by atoms with E-state index in [1.54, 1.807) is 13.8 Å². The van der Waals surface area contributed by atoms with E-state index in [1.165, 1.54) is 6.21 Å². The summed E-state index contributed by atoms with van der Waals surface area (Å²) < 4.78 is 40.4. The van der Waals surface area contributed by atoms with Crippen LogP contribution >= 0.6 is 0 Å². The van der Waals surface area contributed by atoms with Crippen LogP contribution < -0.4 is 11.5 Å². The fourth-order valence-corrected chi connectivity index (χ4v) is 2.27. The molecule has 1 rings (SSSR count). The molecule has 0 aliphatic carbocycles. The third-order valence-corrected chi connectivity index (χ3v) is 3.27. The highest BCUT2D eigenvalue weighted by Crippen LogP contribution is 2.17. The van der Waals surface area contributed by atoms with Crippen molar-refractivity contribution in [2.24, 2.45) is 16.5 Å². The summed E-state index contributed by atoms with van der Waals surface area (Å²) in [5.74, 6) is -0.481. The maximum atomic E-state index is 12.0. The van der Waals surface area contributed by atoms with Crippen molar-refractivity contribution in [3.63, 3.8) is 0 Å². The van der Waals surface area contributed by atoms with Crippen molar-refractivity contribution < 1.29 is 23.0 Å². The van der Waals surface area contributed by atoms with Crippen LogP contribution in [-0.2, 0) is 4.74 Å². The highest BCUT2D eigenvalue weighted by atomic mass is 19.4. The predicted octanol–water partition coefficient (Wildman–Crippen LogP) is 0.958.